The van der Waals surface area contributed by atoms with E-state index >= 15 is 0 Å². The number of benzene rings is 1. The molecule has 1 N–H and O–H groups in total. The monoisotopic (exact) mass is 335 g/mol. The minimum absolute atomic E-state index is 0.0942. The second-order valence-corrected chi connectivity index (χ2v) is 5.15. The van der Waals surface area contributed by atoms with Gasteiger partial charge in [0.25, 0.3) is 0 Å². The summed E-state index contributed by atoms with van der Waals surface area (Å²) in [6, 6.07) is 10.6. The van der Waals surface area contributed by atoms with E-state index in [1.54, 1.807) is 55.0 Å². The van der Waals surface area contributed by atoms with Crippen molar-refractivity contribution in [3.8, 4) is 11.5 Å². The molecule has 6 nitrogen and oxygen atoms in total. The van der Waals surface area contributed by atoms with Gasteiger partial charge in [0, 0.05) is 24.2 Å². The number of nitrogens with zero attached hydrogens (tertiary/aromatic N) is 2. The molecule has 6 heteroatoms. The van der Waals surface area contributed by atoms with Crippen LogP contribution in [0.25, 0.3) is 5.76 Å². The van der Waals surface area contributed by atoms with Crippen LogP contribution >= 0.6 is 0 Å². The number of rotatable bonds is 7. The molecule has 25 heavy (non-hydrogen) atoms. The topological polar surface area (TPSA) is 77.1 Å². The van der Waals surface area contributed by atoms with Gasteiger partial charge in [0.2, 0.25) is 5.76 Å². The number of aromatic amines is 1. The van der Waals surface area contributed by atoms with Crippen LogP contribution in [0.4, 0.5) is 0 Å². The van der Waals surface area contributed by atoms with E-state index in [0.29, 0.717) is 30.0 Å². The average Bonchev–Trinajstić information content (AvgIpc) is 3.15. The van der Waals surface area contributed by atoms with Crippen molar-refractivity contribution in [1.82, 2.24) is 15.0 Å². The van der Waals surface area contributed by atoms with Crippen LogP contribution in [-0.2, 0) is 11.2 Å². The molecular weight excluding hydrogens is 318 g/mol. The van der Waals surface area contributed by atoms with Crippen molar-refractivity contribution in [2.24, 2.45) is 0 Å². The van der Waals surface area contributed by atoms with Gasteiger partial charge in [0.05, 0.1) is 18.7 Å². The van der Waals surface area contributed by atoms with Crippen LogP contribution < -0.4 is 9.47 Å². The lowest BCUT2D eigenvalue weighted by Crippen LogP contribution is -2.02. The maximum atomic E-state index is 11.4. The molecule has 2 heterocycles. The van der Waals surface area contributed by atoms with Crippen LogP contribution in [-0.4, -0.2) is 27.5 Å². The summed E-state index contributed by atoms with van der Waals surface area (Å²) < 4.78 is 11.2. The van der Waals surface area contributed by atoms with Crippen molar-refractivity contribution in [2.45, 2.75) is 13.3 Å². The molecular formula is C19H17N3O3. The average molecular weight is 335 g/mol. The quantitative estimate of drug-likeness (QED) is 0.530. The van der Waals surface area contributed by atoms with Crippen LogP contribution in [0.2, 0.25) is 0 Å². The lowest BCUT2D eigenvalue weighted by atomic mass is 10.2. The number of hydrogen-bond donors (Lipinski definition) is 1. The predicted molar refractivity (Wildman–Crippen MR) is 93.0 cm³/mol. The first-order chi connectivity index (χ1) is 12.3. The first kappa shape index (κ1) is 16.5. The van der Waals surface area contributed by atoms with Crippen molar-refractivity contribution in [3.63, 3.8) is 0 Å². The molecule has 0 radical (unpaired) electrons. The smallest absolute Gasteiger partial charge is 0.217 e. The van der Waals surface area contributed by atoms with Crippen molar-refractivity contribution in [3.05, 3.63) is 72.1 Å². The molecule has 3 rings (SSSR count). The first-order valence-electron chi connectivity index (χ1n) is 7.88. The summed E-state index contributed by atoms with van der Waals surface area (Å²) >= 11 is 0. The van der Waals surface area contributed by atoms with Gasteiger partial charge >= 0.3 is 0 Å². The van der Waals surface area contributed by atoms with Gasteiger partial charge in [0.15, 0.2) is 11.7 Å². The number of imidazole rings is 1. The first-order valence-corrected chi connectivity index (χ1v) is 7.88. The molecule has 0 aliphatic carbocycles. The van der Waals surface area contributed by atoms with Crippen LogP contribution in [0.1, 0.15) is 24.0 Å². The molecule has 0 fully saturated rings. The highest BCUT2D eigenvalue weighted by Crippen LogP contribution is 2.24. The van der Waals surface area contributed by atoms with Crippen molar-refractivity contribution < 1.29 is 14.3 Å². The fourth-order valence-corrected chi connectivity index (χ4v) is 2.32. The fraction of sp³-hybridized carbons (Fsp3) is 0.158. The summed E-state index contributed by atoms with van der Waals surface area (Å²) in [4.78, 5) is 22.9. The van der Waals surface area contributed by atoms with Gasteiger partial charge < -0.3 is 14.5 Å². The second-order valence-electron chi connectivity index (χ2n) is 5.15. The molecule has 126 valence electrons. The Kier molecular flexibility index (Phi) is 5.24. The molecule has 0 amide bonds. The third-order valence-corrected chi connectivity index (χ3v) is 3.47. The van der Waals surface area contributed by atoms with Gasteiger partial charge in [0.1, 0.15) is 11.6 Å². The summed E-state index contributed by atoms with van der Waals surface area (Å²) in [6.45, 7) is 2.49. The second kappa shape index (κ2) is 7.95. The third kappa shape index (κ3) is 4.13. The summed E-state index contributed by atoms with van der Waals surface area (Å²) in [5, 5.41) is 0. The van der Waals surface area contributed by atoms with E-state index in [1.807, 2.05) is 12.9 Å². The van der Waals surface area contributed by atoms with Gasteiger partial charge in [-0.15, -0.1) is 0 Å². The van der Waals surface area contributed by atoms with Crippen LogP contribution in [0.3, 0.4) is 0 Å². The molecule has 1 aromatic carbocycles. The zero-order valence-corrected chi connectivity index (χ0v) is 13.7. The fourth-order valence-electron chi connectivity index (χ4n) is 2.32. The highest BCUT2D eigenvalue weighted by atomic mass is 16.5. The Morgan fingerprint density at radius 1 is 1.16 bits per heavy atom. The Bertz CT molecular complexity index is 867. The summed E-state index contributed by atoms with van der Waals surface area (Å²) in [5.41, 5.74) is 1.29. The largest absolute Gasteiger partial charge is 0.494 e. The van der Waals surface area contributed by atoms with E-state index in [9.17, 15) is 4.79 Å². The zero-order valence-electron chi connectivity index (χ0n) is 13.7. The molecule has 0 spiro atoms. The van der Waals surface area contributed by atoms with Crippen LogP contribution in [0.15, 0.2) is 55.0 Å². The lowest BCUT2D eigenvalue weighted by Gasteiger charge is -2.11. The molecule has 0 unspecified atom stereocenters. The van der Waals surface area contributed by atoms with Gasteiger partial charge in [-0.1, -0.05) is 0 Å². The summed E-state index contributed by atoms with van der Waals surface area (Å²) in [6.07, 6.45) is 5.57. The molecule has 3 aromatic rings. The molecule has 0 aliphatic rings. The number of pyridine rings is 1. The molecule has 0 saturated heterocycles. The maximum Gasteiger partial charge on any atom is 0.217 e. The standard InChI is InChI=1S/C19H17N3O3/c1-2-24-15-7-5-14(6-8-15)18(13-23)25-17-4-3-9-20-16(17)12-19-21-10-11-22-19/h3-11H,2,12H2,1H3,(H,21,22). The summed E-state index contributed by atoms with van der Waals surface area (Å²) in [7, 11) is 0. The van der Waals surface area contributed by atoms with E-state index in [-0.39, 0.29) is 5.76 Å². The summed E-state index contributed by atoms with van der Waals surface area (Å²) in [5.74, 6) is 3.94. The Hall–Kier alpha value is -3.37. The number of carbonyl (C=O) groups excluding carboxylic acids is 1. The van der Waals surface area contributed by atoms with Gasteiger partial charge in [-0.05, 0) is 43.3 Å². The van der Waals surface area contributed by atoms with Crippen LogP contribution in [0, 0.1) is 0 Å². The Morgan fingerprint density at radius 3 is 2.68 bits per heavy atom. The highest BCUT2D eigenvalue weighted by Gasteiger charge is 2.12. The molecule has 0 atom stereocenters. The van der Waals surface area contributed by atoms with E-state index < -0.39 is 0 Å². The van der Waals surface area contributed by atoms with E-state index in [0.717, 1.165) is 11.6 Å². The minimum atomic E-state index is 0.0942. The lowest BCUT2D eigenvalue weighted by molar-refractivity contribution is 0.340. The van der Waals surface area contributed by atoms with Gasteiger partial charge in [-0.3, -0.25) is 4.98 Å². The van der Waals surface area contributed by atoms with Gasteiger partial charge in [-0.25, -0.2) is 9.78 Å². The molecule has 0 aliphatic heterocycles. The number of nitrogens with one attached hydrogen (secondary N) is 1. The number of ether oxygens (including phenoxy) is 2. The third-order valence-electron chi connectivity index (χ3n) is 3.47. The Labute approximate surface area is 145 Å². The number of hydrogen-bond acceptors (Lipinski definition) is 5. The highest BCUT2D eigenvalue weighted by molar-refractivity contribution is 5.84. The SMILES string of the molecule is CCOc1ccc(C(=C=O)Oc2cccnc2Cc2ncc[nH]2)cc1. The van der Waals surface area contributed by atoms with Crippen molar-refractivity contribution in [1.29, 1.82) is 0 Å². The Balaban J connectivity index is 1.81. The van der Waals surface area contributed by atoms with Gasteiger partial charge in [-0.2, -0.15) is 0 Å². The molecule has 0 saturated carbocycles. The number of H-pyrrole nitrogens is 1. The van der Waals surface area contributed by atoms with E-state index in [4.69, 9.17) is 9.47 Å². The number of aromatic nitrogens is 3. The Morgan fingerprint density at radius 2 is 2.00 bits per heavy atom. The molecule has 2 aromatic heterocycles. The zero-order chi connectivity index (χ0) is 17.5. The van der Waals surface area contributed by atoms with E-state index in [2.05, 4.69) is 15.0 Å². The van der Waals surface area contributed by atoms with E-state index in [1.165, 1.54) is 0 Å². The normalized spacial score (nSPS) is 10.1. The van der Waals surface area contributed by atoms with Crippen LogP contribution in [0.5, 0.6) is 11.5 Å². The predicted octanol–water partition coefficient (Wildman–Crippen LogP) is 3.05. The molecule has 0 bridgehead atoms. The van der Waals surface area contributed by atoms with Crippen molar-refractivity contribution in [2.75, 3.05) is 6.61 Å². The maximum absolute atomic E-state index is 11.4. The minimum Gasteiger partial charge on any atom is -0.494 e. The van der Waals surface area contributed by atoms with Crippen molar-refractivity contribution >= 4 is 11.7 Å².